The van der Waals surface area contributed by atoms with Crippen molar-refractivity contribution in [2.75, 3.05) is 25.2 Å². The second kappa shape index (κ2) is 10.6. The molecule has 0 spiro atoms. The zero-order chi connectivity index (χ0) is 23.2. The highest BCUT2D eigenvalue weighted by Crippen LogP contribution is 2.32. The Hall–Kier alpha value is -3.26. The maximum absolute atomic E-state index is 11.6. The van der Waals surface area contributed by atoms with Crippen molar-refractivity contribution in [2.45, 2.75) is 36.7 Å². The quantitative estimate of drug-likeness (QED) is 0.397. The number of hydrogen-bond acceptors (Lipinski definition) is 7. The van der Waals surface area contributed by atoms with E-state index in [0.717, 1.165) is 42.6 Å². The van der Waals surface area contributed by atoms with Gasteiger partial charge in [0.05, 0.1) is 18.9 Å². The van der Waals surface area contributed by atoms with Gasteiger partial charge >= 0.3 is 5.97 Å². The molecule has 7 nitrogen and oxygen atoms in total. The van der Waals surface area contributed by atoms with E-state index in [9.17, 15) is 9.90 Å². The van der Waals surface area contributed by atoms with Crippen LogP contribution in [0.3, 0.4) is 0 Å². The average molecular weight is 466 g/mol. The number of carbonyl (C=O) groups is 1. The average Bonchev–Trinajstić information content (AvgIpc) is 2.81. The van der Waals surface area contributed by atoms with Crippen molar-refractivity contribution in [2.24, 2.45) is 0 Å². The van der Waals surface area contributed by atoms with Gasteiger partial charge in [-0.05, 0) is 67.8 Å². The Kier molecular flexibility index (Phi) is 7.34. The topological polar surface area (TPSA) is 93.6 Å². The second-order valence-electron chi connectivity index (χ2n) is 7.83. The molecule has 0 unspecified atom stereocenters. The van der Waals surface area contributed by atoms with E-state index in [2.05, 4.69) is 33.7 Å². The first-order valence-electron chi connectivity index (χ1n) is 10.9. The van der Waals surface area contributed by atoms with Crippen LogP contribution < -0.4 is 14.8 Å². The number of nitrogens with one attached hydrogen (secondary N) is 1. The highest BCUT2D eigenvalue weighted by molar-refractivity contribution is 7.98. The van der Waals surface area contributed by atoms with E-state index in [4.69, 9.17) is 9.47 Å². The monoisotopic (exact) mass is 465 g/mol. The first-order valence-corrected chi connectivity index (χ1v) is 12.1. The number of rotatable bonds is 10. The lowest BCUT2D eigenvalue weighted by atomic mass is 9.96. The summed E-state index contributed by atoms with van der Waals surface area (Å²) in [5.74, 6) is 0.958. The van der Waals surface area contributed by atoms with E-state index < -0.39 is 5.97 Å². The van der Waals surface area contributed by atoms with Gasteiger partial charge in [-0.2, -0.15) is 0 Å². The highest BCUT2D eigenvalue weighted by Gasteiger charge is 2.22. The summed E-state index contributed by atoms with van der Waals surface area (Å²) >= 11 is 1.70. The molecule has 1 saturated carbocycles. The van der Waals surface area contributed by atoms with Crippen LogP contribution in [0.15, 0.2) is 53.7 Å². The van der Waals surface area contributed by atoms with Crippen LogP contribution in [0.4, 0.5) is 5.82 Å². The lowest BCUT2D eigenvalue weighted by Gasteiger charge is -2.27. The van der Waals surface area contributed by atoms with E-state index in [-0.39, 0.29) is 11.7 Å². The summed E-state index contributed by atoms with van der Waals surface area (Å²) in [5.41, 5.74) is 2.78. The summed E-state index contributed by atoms with van der Waals surface area (Å²) in [7, 11) is 1.68. The van der Waals surface area contributed by atoms with E-state index >= 15 is 0 Å². The van der Waals surface area contributed by atoms with E-state index in [1.54, 1.807) is 37.1 Å². The van der Waals surface area contributed by atoms with Crippen molar-refractivity contribution in [3.8, 4) is 22.8 Å². The second-order valence-corrected chi connectivity index (χ2v) is 8.71. The van der Waals surface area contributed by atoms with Crippen molar-refractivity contribution in [3.05, 3.63) is 59.9 Å². The Bertz CT molecular complexity index is 1130. The SMILES string of the molecule is COc1ccc(SC)cc1CCNc1cc(-c2ccc(C(=O)O)c(OC3CCC3)c2)ncn1. The van der Waals surface area contributed by atoms with Crippen LogP contribution in [0, 0.1) is 0 Å². The van der Waals surface area contributed by atoms with Gasteiger partial charge in [0, 0.05) is 23.1 Å². The van der Waals surface area contributed by atoms with Crippen LogP contribution in [0.2, 0.25) is 0 Å². The number of hydrogen-bond donors (Lipinski definition) is 2. The van der Waals surface area contributed by atoms with Gasteiger partial charge in [-0.3, -0.25) is 0 Å². The molecule has 0 aliphatic heterocycles. The van der Waals surface area contributed by atoms with E-state index in [0.29, 0.717) is 23.8 Å². The summed E-state index contributed by atoms with van der Waals surface area (Å²) in [6.07, 6.45) is 7.44. The number of methoxy groups -OCH3 is 1. The lowest BCUT2D eigenvalue weighted by Crippen LogP contribution is -2.25. The summed E-state index contributed by atoms with van der Waals surface area (Å²) in [6.45, 7) is 0.679. The van der Waals surface area contributed by atoms with Crippen LogP contribution in [0.1, 0.15) is 35.2 Å². The summed E-state index contributed by atoms with van der Waals surface area (Å²) in [4.78, 5) is 21.5. The fourth-order valence-corrected chi connectivity index (χ4v) is 4.10. The fraction of sp³-hybridized carbons (Fsp3) is 0.320. The van der Waals surface area contributed by atoms with Gasteiger partial charge in [0.15, 0.2) is 0 Å². The van der Waals surface area contributed by atoms with Crippen LogP contribution in [-0.2, 0) is 6.42 Å². The maximum atomic E-state index is 11.6. The van der Waals surface area contributed by atoms with Gasteiger partial charge in [0.2, 0.25) is 0 Å². The van der Waals surface area contributed by atoms with Gasteiger partial charge in [-0.1, -0.05) is 6.07 Å². The number of anilines is 1. The summed E-state index contributed by atoms with van der Waals surface area (Å²) in [5, 5.41) is 12.9. The molecule has 33 heavy (non-hydrogen) atoms. The van der Waals surface area contributed by atoms with E-state index in [1.165, 1.54) is 11.2 Å². The van der Waals surface area contributed by atoms with Crippen molar-refractivity contribution in [1.29, 1.82) is 0 Å². The van der Waals surface area contributed by atoms with Gasteiger partial charge in [-0.25, -0.2) is 14.8 Å². The molecule has 4 rings (SSSR count). The molecule has 0 atom stereocenters. The first-order chi connectivity index (χ1) is 16.1. The Morgan fingerprint density at radius 3 is 2.70 bits per heavy atom. The maximum Gasteiger partial charge on any atom is 0.339 e. The van der Waals surface area contributed by atoms with Crippen LogP contribution in [0.5, 0.6) is 11.5 Å². The molecule has 0 amide bonds. The number of thioether (sulfide) groups is 1. The van der Waals surface area contributed by atoms with Gasteiger partial charge in [0.1, 0.15) is 29.2 Å². The molecule has 1 fully saturated rings. The minimum atomic E-state index is -0.998. The minimum Gasteiger partial charge on any atom is -0.496 e. The van der Waals surface area contributed by atoms with E-state index in [1.807, 2.05) is 12.1 Å². The smallest absolute Gasteiger partial charge is 0.339 e. The largest absolute Gasteiger partial charge is 0.496 e. The molecular weight excluding hydrogens is 438 g/mol. The molecule has 1 aromatic heterocycles. The van der Waals surface area contributed by atoms with Gasteiger partial charge < -0.3 is 19.9 Å². The standard InChI is InChI=1S/C25H27N3O4S/c1-31-22-9-7-19(33-2)12-17(22)10-11-26-24-14-21(27-15-28-24)16-6-8-20(25(29)30)23(13-16)32-18-4-3-5-18/h6-9,12-15,18H,3-5,10-11H2,1-2H3,(H,29,30)(H,26,27,28). The van der Waals surface area contributed by atoms with Gasteiger partial charge in [0.25, 0.3) is 0 Å². The number of benzene rings is 2. The molecule has 1 aliphatic carbocycles. The molecule has 0 radical (unpaired) electrons. The fourth-order valence-electron chi connectivity index (χ4n) is 3.64. The zero-order valence-corrected chi connectivity index (χ0v) is 19.5. The van der Waals surface area contributed by atoms with Crippen molar-refractivity contribution in [3.63, 3.8) is 0 Å². The lowest BCUT2D eigenvalue weighted by molar-refractivity contribution is 0.0680. The molecular formula is C25H27N3O4S. The third-order valence-corrected chi connectivity index (χ3v) is 6.43. The summed E-state index contributed by atoms with van der Waals surface area (Å²) < 4.78 is 11.4. The molecule has 0 saturated heterocycles. The molecule has 2 aromatic carbocycles. The number of aromatic carboxylic acids is 1. The van der Waals surface area contributed by atoms with Crippen LogP contribution in [0.25, 0.3) is 11.3 Å². The summed E-state index contributed by atoms with van der Waals surface area (Å²) in [6, 6.07) is 13.1. The third-order valence-electron chi connectivity index (χ3n) is 5.71. The highest BCUT2D eigenvalue weighted by atomic mass is 32.2. The predicted molar refractivity (Wildman–Crippen MR) is 130 cm³/mol. The molecule has 8 heteroatoms. The van der Waals surface area contributed by atoms with Crippen molar-refractivity contribution >= 4 is 23.5 Å². The van der Waals surface area contributed by atoms with Crippen LogP contribution in [-0.4, -0.2) is 47.1 Å². The molecule has 3 aromatic rings. The zero-order valence-electron chi connectivity index (χ0n) is 18.7. The van der Waals surface area contributed by atoms with Crippen molar-refractivity contribution in [1.82, 2.24) is 9.97 Å². The Labute approximate surface area is 197 Å². The molecule has 172 valence electrons. The number of carboxylic acid groups (broad SMARTS) is 1. The predicted octanol–water partition coefficient (Wildman–Crippen LogP) is 5.16. The van der Waals surface area contributed by atoms with Crippen molar-refractivity contribution < 1.29 is 19.4 Å². The van der Waals surface area contributed by atoms with Crippen LogP contribution >= 0.6 is 11.8 Å². The molecule has 1 aliphatic rings. The Morgan fingerprint density at radius 2 is 2.00 bits per heavy atom. The number of nitrogens with zero attached hydrogens (tertiary/aromatic N) is 2. The molecule has 1 heterocycles. The Balaban J connectivity index is 1.48. The Morgan fingerprint density at radius 1 is 1.15 bits per heavy atom. The number of aromatic nitrogens is 2. The first kappa shape index (κ1) is 22.9. The molecule has 0 bridgehead atoms. The molecule has 2 N–H and O–H groups in total. The third kappa shape index (κ3) is 5.57. The normalized spacial score (nSPS) is 13.3. The number of ether oxygens (including phenoxy) is 2. The van der Waals surface area contributed by atoms with Gasteiger partial charge in [-0.15, -0.1) is 11.8 Å². The minimum absolute atomic E-state index is 0.0857. The number of carboxylic acids is 1.